The molecule has 0 aliphatic carbocycles. The number of ether oxygens (including phenoxy) is 2. The summed E-state index contributed by atoms with van der Waals surface area (Å²) in [6, 6.07) is 10.6. The Morgan fingerprint density at radius 2 is 2.12 bits per heavy atom. The fourth-order valence-electron chi connectivity index (χ4n) is 2.19. The van der Waals surface area contributed by atoms with Gasteiger partial charge in [-0.05, 0) is 43.7 Å². The molecule has 0 fully saturated rings. The standard InChI is InChI=1S/C18H19ClN2O4/c1-3-24-16-9-13(10-20-23)8-15(19)18(16)25-11-17(22)21-14-6-4-5-12(2)7-14/h4-10,23H,3,11H2,1-2H3,(H,21,22)/b20-10-. The Morgan fingerprint density at radius 1 is 1.32 bits per heavy atom. The van der Waals surface area contributed by atoms with E-state index in [-0.39, 0.29) is 23.3 Å². The van der Waals surface area contributed by atoms with Crippen LogP contribution in [0, 0.1) is 6.92 Å². The van der Waals surface area contributed by atoms with Crippen LogP contribution in [-0.4, -0.2) is 30.5 Å². The molecular weight excluding hydrogens is 344 g/mol. The summed E-state index contributed by atoms with van der Waals surface area (Å²) in [7, 11) is 0. The molecule has 0 saturated heterocycles. The van der Waals surface area contributed by atoms with Crippen molar-refractivity contribution in [1.29, 1.82) is 0 Å². The van der Waals surface area contributed by atoms with Gasteiger partial charge in [0.05, 0.1) is 17.8 Å². The van der Waals surface area contributed by atoms with E-state index in [0.717, 1.165) is 5.56 Å². The van der Waals surface area contributed by atoms with Gasteiger partial charge in [-0.25, -0.2) is 0 Å². The summed E-state index contributed by atoms with van der Waals surface area (Å²) >= 11 is 6.19. The van der Waals surface area contributed by atoms with E-state index in [2.05, 4.69) is 10.5 Å². The van der Waals surface area contributed by atoms with Crippen molar-refractivity contribution in [2.75, 3.05) is 18.5 Å². The first-order valence-corrected chi connectivity index (χ1v) is 8.04. The fraction of sp³-hybridized carbons (Fsp3) is 0.222. The van der Waals surface area contributed by atoms with Gasteiger partial charge in [-0.2, -0.15) is 0 Å². The number of oxime groups is 1. The van der Waals surface area contributed by atoms with Crippen LogP contribution in [0.4, 0.5) is 5.69 Å². The van der Waals surface area contributed by atoms with Crippen molar-refractivity contribution < 1.29 is 19.5 Å². The first-order chi connectivity index (χ1) is 12.0. The minimum atomic E-state index is -0.315. The average Bonchev–Trinajstić information content (AvgIpc) is 2.54. The Labute approximate surface area is 151 Å². The van der Waals surface area contributed by atoms with Crippen molar-refractivity contribution in [3.8, 4) is 11.5 Å². The lowest BCUT2D eigenvalue weighted by atomic mass is 10.2. The van der Waals surface area contributed by atoms with Crippen LogP contribution < -0.4 is 14.8 Å². The van der Waals surface area contributed by atoms with Crippen molar-refractivity contribution in [2.45, 2.75) is 13.8 Å². The van der Waals surface area contributed by atoms with E-state index in [1.54, 1.807) is 18.2 Å². The third-order valence-electron chi connectivity index (χ3n) is 3.19. The van der Waals surface area contributed by atoms with E-state index < -0.39 is 0 Å². The molecule has 0 aromatic heterocycles. The first kappa shape index (κ1) is 18.6. The minimum absolute atomic E-state index is 0.221. The summed E-state index contributed by atoms with van der Waals surface area (Å²) in [5.41, 5.74) is 2.29. The number of hydrogen-bond acceptors (Lipinski definition) is 5. The highest BCUT2D eigenvalue weighted by molar-refractivity contribution is 6.32. The normalized spacial score (nSPS) is 10.7. The number of hydrogen-bond donors (Lipinski definition) is 2. The van der Waals surface area contributed by atoms with Crippen LogP contribution in [0.15, 0.2) is 41.6 Å². The number of halogens is 1. The highest BCUT2D eigenvalue weighted by Crippen LogP contribution is 2.36. The van der Waals surface area contributed by atoms with Gasteiger partial charge in [-0.3, -0.25) is 4.79 Å². The van der Waals surface area contributed by atoms with E-state index in [0.29, 0.717) is 23.6 Å². The first-order valence-electron chi connectivity index (χ1n) is 7.66. The molecule has 132 valence electrons. The molecule has 0 heterocycles. The van der Waals surface area contributed by atoms with E-state index in [1.165, 1.54) is 6.21 Å². The van der Waals surface area contributed by atoms with E-state index >= 15 is 0 Å². The second kappa shape index (κ2) is 8.94. The highest BCUT2D eigenvalue weighted by atomic mass is 35.5. The summed E-state index contributed by atoms with van der Waals surface area (Å²) in [4.78, 5) is 12.1. The molecule has 0 bridgehead atoms. The zero-order valence-electron chi connectivity index (χ0n) is 14.0. The Balaban J connectivity index is 2.09. The van der Waals surface area contributed by atoms with Crippen LogP contribution in [0.2, 0.25) is 5.02 Å². The maximum Gasteiger partial charge on any atom is 0.262 e. The smallest absolute Gasteiger partial charge is 0.262 e. The third-order valence-corrected chi connectivity index (χ3v) is 3.47. The van der Waals surface area contributed by atoms with Gasteiger partial charge in [0.25, 0.3) is 5.91 Å². The van der Waals surface area contributed by atoms with Crippen molar-refractivity contribution in [3.63, 3.8) is 0 Å². The predicted octanol–water partition coefficient (Wildman–Crippen LogP) is 3.87. The number of benzene rings is 2. The summed E-state index contributed by atoms with van der Waals surface area (Å²) in [6.07, 6.45) is 1.22. The van der Waals surface area contributed by atoms with Gasteiger partial charge in [-0.1, -0.05) is 28.9 Å². The number of rotatable bonds is 7. The molecule has 2 aromatic carbocycles. The number of amides is 1. The Morgan fingerprint density at radius 3 is 2.80 bits per heavy atom. The fourth-order valence-corrected chi connectivity index (χ4v) is 2.46. The summed E-state index contributed by atoms with van der Waals surface area (Å²) < 4.78 is 11.0. The summed E-state index contributed by atoms with van der Waals surface area (Å²) in [6.45, 7) is 3.93. The Bertz CT molecular complexity index is 778. The van der Waals surface area contributed by atoms with Gasteiger partial charge in [-0.15, -0.1) is 0 Å². The molecule has 2 N–H and O–H groups in total. The molecule has 0 aliphatic heterocycles. The van der Waals surface area contributed by atoms with Crippen LogP contribution in [0.25, 0.3) is 0 Å². The number of nitrogens with one attached hydrogen (secondary N) is 1. The predicted molar refractivity (Wildman–Crippen MR) is 97.3 cm³/mol. The molecule has 0 spiro atoms. The molecule has 0 radical (unpaired) electrons. The third kappa shape index (κ3) is 5.39. The molecule has 25 heavy (non-hydrogen) atoms. The van der Waals surface area contributed by atoms with Gasteiger partial charge >= 0.3 is 0 Å². The van der Waals surface area contributed by atoms with Crippen LogP contribution in [0.3, 0.4) is 0 Å². The van der Waals surface area contributed by atoms with Gasteiger partial charge in [0.15, 0.2) is 18.1 Å². The lowest BCUT2D eigenvalue weighted by molar-refractivity contribution is -0.118. The van der Waals surface area contributed by atoms with E-state index in [1.807, 2.05) is 32.0 Å². The van der Waals surface area contributed by atoms with Gasteiger partial charge in [0.2, 0.25) is 0 Å². The molecule has 2 aromatic rings. The van der Waals surface area contributed by atoms with Crippen molar-refractivity contribution >= 4 is 29.4 Å². The lowest BCUT2D eigenvalue weighted by Gasteiger charge is -2.14. The molecular formula is C18H19ClN2O4. The van der Waals surface area contributed by atoms with Crippen LogP contribution in [0.1, 0.15) is 18.1 Å². The maximum atomic E-state index is 12.1. The largest absolute Gasteiger partial charge is 0.490 e. The molecule has 0 atom stereocenters. The molecule has 7 heteroatoms. The molecule has 6 nitrogen and oxygen atoms in total. The zero-order valence-corrected chi connectivity index (χ0v) is 14.7. The Kier molecular flexibility index (Phi) is 6.65. The number of carbonyl (C=O) groups is 1. The van der Waals surface area contributed by atoms with Crippen molar-refractivity contribution in [1.82, 2.24) is 0 Å². The van der Waals surface area contributed by atoms with Crippen LogP contribution in [0.5, 0.6) is 11.5 Å². The molecule has 2 rings (SSSR count). The molecule has 0 aliphatic rings. The SMILES string of the molecule is CCOc1cc(/C=N\O)cc(Cl)c1OCC(=O)Nc1cccc(C)c1. The molecule has 0 saturated carbocycles. The number of anilines is 1. The molecule has 0 unspecified atom stereocenters. The summed E-state index contributed by atoms with van der Waals surface area (Å²) in [5, 5.41) is 14.6. The number of carbonyl (C=O) groups excluding carboxylic acids is 1. The topological polar surface area (TPSA) is 80.2 Å². The molecule has 1 amide bonds. The maximum absolute atomic E-state index is 12.1. The lowest BCUT2D eigenvalue weighted by Crippen LogP contribution is -2.20. The van der Waals surface area contributed by atoms with E-state index in [9.17, 15) is 4.79 Å². The quantitative estimate of drug-likeness (QED) is 0.445. The summed E-state index contributed by atoms with van der Waals surface area (Å²) in [5.74, 6) is 0.316. The van der Waals surface area contributed by atoms with Crippen LogP contribution >= 0.6 is 11.6 Å². The monoisotopic (exact) mass is 362 g/mol. The Hall–Kier alpha value is -2.73. The minimum Gasteiger partial charge on any atom is -0.490 e. The number of nitrogens with zero attached hydrogens (tertiary/aromatic N) is 1. The highest BCUT2D eigenvalue weighted by Gasteiger charge is 2.14. The average molecular weight is 363 g/mol. The van der Waals surface area contributed by atoms with Gasteiger partial charge in [0, 0.05) is 11.3 Å². The second-order valence-electron chi connectivity index (χ2n) is 5.21. The van der Waals surface area contributed by atoms with Crippen LogP contribution in [-0.2, 0) is 4.79 Å². The van der Waals surface area contributed by atoms with E-state index in [4.69, 9.17) is 26.3 Å². The van der Waals surface area contributed by atoms with Gasteiger partial charge < -0.3 is 20.0 Å². The van der Waals surface area contributed by atoms with Gasteiger partial charge in [0.1, 0.15) is 0 Å². The van der Waals surface area contributed by atoms with Crippen molar-refractivity contribution in [3.05, 3.63) is 52.5 Å². The van der Waals surface area contributed by atoms with Crippen molar-refractivity contribution in [2.24, 2.45) is 5.16 Å². The zero-order chi connectivity index (χ0) is 18.2. The number of aryl methyl sites for hydroxylation is 1. The second-order valence-corrected chi connectivity index (χ2v) is 5.62.